The van der Waals surface area contributed by atoms with Crippen LogP contribution in [0.2, 0.25) is 0 Å². The van der Waals surface area contributed by atoms with Gasteiger partial charge in [-0.25, -0.2) is 4.90 Å². The largest absolute Gasteiger partial charge is 0.353 e. The molecular weight excluding hydrogens is 418 g/mol. The summed E-state index contributed by atoms with van der Waals surface area (Å²) in [6.45, 7) is 0.925. The summed E-state index contributed by atoms with van der Waals surface area (Å²) in [6.07, 6.45) is 0. The number of piperazine rings is 1. The van der Waals surface area contributed by atoms with Crippen LogP contribution >= 0.6 is 0 Å². The average Bonchev–Trinajstić information content (AvgIpc) is 3.10. The van der Waals surface area contributed by atoms with Crippen molar-refractivity contribution in [3.63, 3.8) is 0 Å². The van der Waals surface area contributed by atoms with E-state index in [9.17, 15) is 19.2 Å². The maximum atomic E-state index is 13.4. The van der Waals surface area contributed by atoms with Gasteiger partial charge in [-0.05, 0) is 29.8 Å². The summed E-state index contributed by atoms with van der Waals surface area (Å²) in [4.78, 5) is 54.9. The van der Waals surface area contributed by atoms with Gasteiger partial charge in [-0.2, -0.15) is 0 Å². The second-order valence-corrected chi connectivity index (χ2v) is 8.01. The van der Waals surface area contributed by atoms with Gasteiger partial charge in [0.25, 0.3) is 11.8 Å². The van der Waals surface area contributed by atoms with E-state index in [4.69, 9.17) is 0 Å². The highest BCUT2D eigenvalue weighted by molar-refractivity contribution is 6.35. The van der Waals surface area contributed by atoms with Crippen molar-refractivity contribution in [3.05, 3.63) is 101 Å². The van der Waals surface area contributed by atoms with E-state index in [0.717, 1.165) is 10.5 Å². The van der Waals surface area contributed by atoms with Crippen LogP contribution in [0.5, 0.6) is 0 Å². The second-order valence-electron chi connectivity index (χ2n) is 8.01. The van der Waals surface area contributed by atoms with Crippen LogP contribution in [0.3, 0.4) is 0 Å². The molecule has 0 aromatic heterocycles. The maximum absolute atomic E-state index is 13.4. The fourth-order valence-electron chi connectivity index (χ4n) is 4.46. The predicted molar refractivity (Wildman–Crippen MR) is 122 cm³/mol. The molecule has 0 aliphatic carbocycles. The molecule has 1 N–H and O–H groups in total. The standard InChI is InChI=1S/C26H21N3O4/c30-22(16-28-15-14-27-24(31)23(28)17-8-2-1-3-9-17)20-12-6-7-13-21(20)29-25(32)18-10-4-5-11-19(18)26(29)33/h1-13,23H,14-16H2,(H,27,31). The third kappa shape index (κ3) is 3.62. The van der Waals surface area contributed by atoms with Crippen molar-refractivity contribution in [1.82, 2.24) is 10.2 Å². The molecule has 0 bridgehead atoms. The number of carbonyl (C=O) groups excluding carboxylic acids is 4. The molecule has 1 fully saturated rings. The van der Waals surface area contributed by atoms with Crippen molar-refractivity contribution in [1.29, 1.82) is 0 Å². The maximum Gasteiger partial charge on any atom is 0.266 e. The minimum absolute atomic E-state index is 0.0207. The van der Waals surface area contributed by atoms with E-state index in [1.807, 2.05) is 35.2 Å². The summed E-state index contributed by atoms with van der Waals surface area (Å²) >= 11 is 0. The third-order valence-electron chi connectivity index (χ3n) is 6.01. The molecule has 0 radical (unpaired) electrons. The molecule has 3 aromatic rings. The van der Waals surface area contributed by atoms with Crippen LogP contribution in [0.15, 0.2) is 78.9 Å². The Morgan fingerprint density at radius 3 is 2.12 bits per heavy atom. The molecule has 1 atom stereocenters. The lowest BCUT2D eigenvalue weighted by Crippen LogP contribution is -2.51. The number of Topliss-reactive ketones (excluding diaryl/α,β-unsaturated/α-hetero) is 1. The molecule has 0 spiro atoms. The van der Waals surface area contributed by atoms with Crippen molar-refractivity contribution in [2.45, 2.75) is 6.04 Å². The smallest absolute Gasteiger partial charge is 0.266 e. The van der Waals surface area contributed by atoms with Gasteiger partial charge in [-0.15, -0.1) is 0 Å². The van der Waals surface area contributed by atoms with Gasteiger partial charge in [0.1, 0.15) is 6.04 Å². The van der Waals surface area contributed by atoms with E-state index in [1.165, 1.54) is 0 Å². The molecular formula is C26H21N3O4. The first kappa shape index (κ1) is 20.8. The van der Waals surface area contributed by atoms with Gasteiger partial charge in [0.2, 0.25) is 5.91 Å². The second kappa shape index (κ2) is 8.44. The van der Waals surface area contributed by atoms with Gasteiger partial charge >= 0.3 is 0 Å². The highest BCUT2D eigenvalue weighted by Gasteiger charge is 2.38. The quantitative estimate of drug-likeness (QED) is 0.488. The Labute approximate surface area is 190 Å². The van der Waals surface area contributed by atoms with E-state index < -0.39 is 17.9 Å². The molecule has 3 amide bonds. The molecule has 0 saturated carbocycles. The number of anilines is 1. The van der Waals surface area contributed by atoms with E-state index in [0.29, 0.717) is 24.2 Å². The number of para-hydroxylation sites is 1. The Hall–Kier alpha value is -4.10. The number of nitrogens with zero attached hydrogens (tertiary/aromatic N) is 2. The molecule has 7 nitrogen and oxygen atoms in total. The van der Waals surface area contributed by atoms with Gasteiger partial charge in [0.15, 0.2) is 5.78 Å². The molecule has 2 heterocycles. The van der Waals surface area contributed by atoms with Crippen LogP contribution in [0.25, 0.3) is 0 Å². The summed E-state index contributed by atoms with van der Waals surface area (Å²) in [6, 6.07) is 22.0. The zero-order valence-electron chi connectivity index (χ0n) is 17.7. The zero-order valence-corrected chi connectivity index (χ0v) is 17.7. The Kier molecular flexibility index (Phi) is 5.32. The van der Waals surface area contributed by atoms with Crippen LogP contribution in [-0.4, -0.2) is 48.0 Å². The van der Waals surface area contributed by atoms with Gasteiger partial charge in [0, 0.05) is 18.7 Å². The summed E-state index contributed by atoms with van der Waals surface area (Å²) < 4.78 is 0. The first-order chi connectivity index (χ1) is 16.1. The third-order valence-corrected chi connectivity index (χ3v) is 6.01. The minimum Gasteiger partial charge on any atom is -0.353 e. The molecule has 7 heteroatoms. The van der Waals surface area contributed by atoms with Gasteiger partial charge in [-0.3, -0.25) is 24.1 Å². The summed E-state index contributed by atoms with van der Waals surface area (Å²) in [5.41, 5.74) is 1.97. The number of imide groups is 1. The molecule has 3 aromatic carbocycles. The lowest BCUT2D eigenvalue weighted by Gasteiger charge is -2.35. The monoisotopic (exact) mass is 439 g/mol. The molecule has 164 valence electrons. The number of amides is 3. The lowest BCUT2D eigenvalue weighted by molar-refractivity contribution is -0.128. The Balaban J connectivity index is 1.46. The predicted octanol–water partition coefficient (Wildman–Crippen LogP) is 2.84. The molecule has 33 heavy (non-hydrogen) atoms. The van der Waals surface area contributed by atoms with Crippen molar-refractivity contribution >= 4 is 29.2 Å². The van der Waals surface area contributed by atoms with Gasteiger partial charge in [0.05, 0.1) is 23.4 Å². The highest BCUT2D eigenvalue weighted by atomic mass is 16.2. The Bertz CT molecular complexity index is 1240. The van der Waals surface area contributed by atoms with E-state index in [1.54, 1.807) is 48.5 Å². The van der Waals surface area contributed by atoms with E-state index in [2.05, 4.69) is 5.32 Å². The first-order valence-corrected chi connectivity index (χ1v) is 10.7. The number of nitrogens with one attached hydrogen (secondary N) is 1. The summed E-state index contributed by atoms with van der Waals surface area (Å²) in [7, 11) is 0. The van der Waals surface area contributed by atoms with Crippen LogP contribution < -0.4 is 10.2 Å². The van der Waals surface area contributed by atoms with E-state index in [-0.39, 0.29) is 29.5 Å². The molecule has 1 unspecified atom stereocenters. The number of hydrogen-bond acceptors (Lipinski definition) is 5. The number of hydrogen-bond donors (Lipinski definition) is 1. The Morgan fingerprint density at radius 1 is 0.818 bits per heavy atom. The molecule has 1 saturated heterocycles. The zero-order chi connectivity index (χ0) is 22.9. The first-order valence-electron chi connectivity index (χ1n) is 10.7. The number of carbonyl (C=O) groups is 4. The SMILES string of the molecule is O=C(CN1CCNC(=O)C1c1ccccc1)c1ccccc1N1C(=O)c2ccccc2C1=O. The van der Waals surface area contributed by atoms with Crippen LogP contribution in [0, 0.1) is 0 Å². The van der Waals surface area contributed by atoms with Crippen LogP contribution in [0.4, 0.5) is 5.69 Å². The number of rotatable bonds is 5. The normalized spacial score (nSPS) is 18.2. The number of ketones is 1. The van der Waals surface area contributed by atoms with Crippen LogP contribution in [-0.2, 0) is 4.79 Å². The van der Waals surface area contributed by atoms with Gasteiger partial charge in [-0.1, -0.05) is 54.6 Å². The van der Waals surface area contributed by atoms with Crippen molar-refractivity contribution in [2.75, 3.05) is 24.5 Å². The number of benzene rings is 3. The van der Waals surface area contributed by atoms with Crippen LogP contribution in [0.1, 0.15) is 42.7 Å². The highest BCUT2D eigenvalue weighted by Crippen LogP contribution is 2.31. The average molecular weight is 439 g/mol. The molecule has 2 aliphatic heterocycles. The molecule has 5 rings (SSSR count). The summed E-state index contributed by atoms with van der Waals surface area (Å²) in [5, 5.41) is 2.86. The van der Waals surface area contributed by atoms with Crippen molar-refractivity contribution in [2.24, 2.45) is 0 Å². The number of fused-ring (bicyclic) bond motifs is 1. The van der Waals surface area contributed by atoms with Crippen molar-refractivity contribution < 1.29 is 19.2 Å². The van der Waals surface area contributed by atoms with E-state index >= 15 is 0 Å². The Morgan fingerprint density at radius 2 is 1.42 bits per heavy atom. The minimum atomic E-state index is -0.588. The molecule has 2 aliphatic rings. The topological polar surface area (TPSA) is 86.8 Å². The van der Waals surface area contributed by atoms with Crippen molar-refractivity contribution in [3.8, 4) is 0 Å². The fraction of sp³-hybridized carbons (Fsp3) is 0.154. The summed E-state index contributed by atoms with van der Waals surface area (Å²) in [5.74, 6) is -1.32. The lowest BCUT2D eigenvalue weighted by atomic mass is 10.0. The fourth-order valence-corrected chi connectivity index (χ4v) is 4.46. The van der Waals surface area contributed by atoms with Gasteiger partial charge < -0.3 is 5.32 Å².